The number of imidazole rings is 1. The van der Waals surface area contributed by atoms with Crippen molar-refractivity contribution in [2.75, 3.05) is 0 Å². The Morgan fingerprint density at radius 1 is 1.40 bits per heavy atom. The highest BCUT2D eigenvalue weighted by Crippen LogP contribution is 2.13. The molecule has 0 radical (unpaired) electrons. The van der Waals surface area contributed by atoms with Gasteiger partial charge in [-0.3, -0.25) is 0 Å². The van der Waals surface area contributed by atoms with Crippen LogP contribution >= 0.6 is 23.7 Å². The number of rotatable bonds is 2. The van der Waals surface area contributed by atoms with E-state index in [9.17, 15) is 0 Å². The summed E-state index contributed by atoms with van der Waals surface area (Å²) in [6.45, 7) is 0.781. The van der Waals surface area contributed by atoms with Crippen molar-refractivity contribution >= 4 is 28.7 Å². The SMILES string of the molecule is Cl.c1cn(Cc2csc3ncnn23)cn1. The maximum absolute atomic E-state index is 4.14. The molecule has 0 N–H and O–H groups in total. The van der Waals surface area contributed by atoms with Gasteiger partial charge < -0.3 is 4.57 Å². The fourth-order valence-corrected chi connectivity index (χ4v) is 2.14. The zero-order valence-electron chi connectivity index (χ0n) is 7.65. The Morgan fingerprint density at radius 2 is 2.33 bits per heavy atom. The first-order valence-electron chi connectivity index (χ1n) is 4.15. The van der Waals surface area contributed by atoms with E-state index in [1.807, 2.05) is 15.3 Å². The van der Waals surface area contributed by atoms with Gasteiger partial charge in [0.05, 0.1) is 18.6 Å². The molecule has 3 aromatic heterocycles. The predicted octanol–water partition coefficient (Wildman–Crippen LogP) is 1.46. The highest BCUT2D eigenvalue weighted by atomic mass is 35.5. The van der Waals surface area contributed by atoms with Gasteiger partial charge in [0.1, 0.15) is 6.33 Å². The van der Waals surface area contributed by atoms with Crippen molar-refractivity contribution in [1.29, 1.82) is 0 Å². The van der Waals surface area contributed by atoms with E-state index in [0.717, 1.165) is 17.2 Å². The van der Waals surface area contributed by atoms with Crippen LogP contribution in [0.15, 0.2) is 30.4 Å². The van der Waals surface area contributed by atoms with Crippen molar-refractivity contribution in [3.8, 4) is 0 Å². The molecule has 0 aliphatic heterocycles. The molecule has 5 nitrogen and oxygen atoms in total. The minimum absolute atomic E-state index is 0. The smallest absolute Gasteiger partial charge is 0.212 e. The third-order valence-corrected chi connectivity index (χ3v) is 2.87. The fraction of sp³-hybridized carbons (Fsp3) is 0.125. The summed E-state index contributed by atoms with van der Waals surface area (Å²) in [5, 5.41) is 6.21. The minimum atomic E-state index is 0. The molecule has 78 valence electrons. The standard InChI is InChI=1S/C8H7N5S.ClH/c1-2-12(6-9-1)3-7-4-14-8-10-5-11-13(7)8;/h1-2,4-6H,3H2;1H. The molecule has 0 aliphatic rings. The lowest BCUT2D eigenvalue weighted by molar-refractivity contribution is 0.741. The van der Waals surface area contributed by atoms with E-state index in [-0.39, 0.29) is 12.4 Å². The minimum Gasteiger partial charge on any atom is -0.331 e. The largest absolute Gasteiger partial charge is 0.331 e. The van der Waals surface area contributed by atoms with Crippen LogP contribution in [0.2, 0.25) is 0 Å². The zero-order valence-corrected chi connectivity index (χ0v) is 9.28. The van der Waals surface area contributed by atoms with Gasteiger partial charge in [0.2, 0.25) is 4.96 Å². The van der Waals surface area contributed by atoms with Gasteiger partial charge >= 0.3 is 0 Å². The Bertz CT molecular complexity index is 540. The summed E-state index contributed by atoms with van der Waals surface area (Å²) in [5.41, 5.74) is 1.13. The number of aromatic nitrogens is 5. The van der Waals surface area contributed by atoms with Crippen molar-refractivity contribution < 1.29 is 0 Å². The topological polar surface area (TPSA) is 48.0 Å². The monoisotopic (exact) mass is 241 g/mol. The zero-order chi connectivity index (χ0) is 9.38. The van der Waals surface area contributed by atoms with E-state index in [4.69, 9.17) is 0 Å². The van der Waals surface area contributed by atoms with Crippen molar-refractivity contribution in [2.24, 2.45) is 0 Å². The Labute approximate surface area is 95.8 Å². The molecule has 0 saturated carbocycles. The van der Waals surface area contributed by atoms with Gasteiger partial charge in [-0.05, 0) is 0 Å². The number of fused-ring (bicyclic) bond motifs is 1. The first kappa shape index (κ1) is 10.1. The van der Waals surface area contributed by atoms with Crippen LogP contribution in [-0.4, -0.2) is 24.1 Å². The van der Waals surface area contributed by atoms with Gasteiger partial charge in [-0.1, -0.05) is 0 Å². The second-order valence-corrected chi connectivity index (χ2v) is 3.75. The van der Waals surface area contributed by atoms with E-state index in [1.54, 1.807) is 30.2 Å². The lowest BCUT2D eigenvalue weighted by Gasteiger charge is -1.98. The average Bonchev–Trinajstić information content (AvgIpc) is 2.85. The third-order valence-electron chi connectivity index (χ3n) is 1.99. The molecule has 15 heavy (non-hydrogen) atoms. The summed E-state index contributed by atoms with van der Waals surface area (Å²) in [6.07, 6.45) is 7.06. The normalized spacial score (nSPS) is 10.4. The molecular weight excluding hydrogens is 234 g/mol. The lowest BCUT2D eigenvalue weighted by Crippen LogP contribution is -2.00. The summed E-state index contributed by atoms with van der Waals surface area (Å²) >= 11 is 1.60. The van der Waals surface area contributed by atoms with Gasteiger partial charge in [-0.2, -0.15) is 5.10 Å². The second kappa shape index (κ2) is 4.00. The van der Waals surface area contributed by atoms with E-state index in [2.05, 4.69) is 20.4 Å². The predicted molar refractivity (Wildman–Crippen MR) is 59.4 cm³/mol. The van der Waals surface area contributed by atoms with Crippen molar-refractivity contribution in [1.82, 2.24) is 24.1 Å². The molecule has 0 aromatic carbocycles. The average molecular weight is 242 g/mol. The maximum atomic E-state index is 4.14. The number of hydrogen-bond acceptors (Lipinski definition) is 4. The molecule has 0 unspecified atom stereocenters. The molecule has 0 bridgehead atoms. The first-order valence-corrected chi connectivity index (χ1v) is 5.03. The Balaban J connectivity index is 0.000000853. The van der Waals surface area contributed by atoms with Gasteiger partial charge in [0.15, 0.2) is 0 Å². The maximum Gasteiger partial charge on any atom is 0.212 e. The highest BCUT2D eigenvalue weighted by Gasteiger charge is 2.04. The Kier molecular flexibility index (Phi) is 2.70. The van der Waals surface area contributed by atoms with Crippen molar-refractivity contribution in [2.45, 2.75) is 6.54 Å². The van der Waals surface area contributed by atoms with Crippen LogP contribution in [0, 0.1) is 0 Å². The summed E-state index contributed by atoms with van der Waals surface area (Å²) in [5.74, 6) is 0. The summed E-state index contributed by atoms with van der Waals surface area (Å²) < 4.78 is 3.86. The fourth-order valence-electron chi connectivity index (χ4n) is 1.35. The molecule has 7 heteroatoms. The van der Waals surface area contributed by atoms with E-state index in [0.29, 0.717) is 0 Å². The summed E-state index contributed by atoms with van der Waals surface area (Å²) in [6, 6.07) is 0. The van der Waals surface area contributed by atoms with Crippen LogP contribution in [0.4, 0.5) is 0 Å². The number of hydrogen-bond donors (Lipinski definition) is 0. The Hall–Kier alpha value is -1.40. The highest BCUT2D eigenvalue weighted by molar-refractivity contribution is 7.15. The van der Waals surface area contributed by atoms with E-state index >= 15 is 0 Å². The van der Waals surface area contributed by atoms with Crippen LogP contribution in [0.1, 0.15) is 5.69 Å². The molecule has 0 fully saturated rings. The van der Waals surface area contributed by atoms with Gasteiger partial charge in [-0.25, -0.2) is 14.5 Å². The van der Waals surface area contributed by atoms with Gasteiger partial charge in [-0.15, -0.1) is 23.7 Å². The molecule has 0 atom stereocenters. The van der Waals surface area contributed by atoms with Crippen LogP contribution in [-0.2, 0) is 6.54 Å². The summed E-state index contributed by atoms with van der Waals surface area (Å²) in [4.78, 5) is 9.04. The molecule has 3 aromatic rings. The lowest BCUT2D eigenvalue weighted by atomic mass is 10.5. The number of thiazole rings is 1. The van der Waals surface area contributed by atoms with Gasteiger partial charge in [0.25, 0.3) is 0 Å². The third kappa shape index (κ3) is 1.73. The molecule has 0 amide bonds. The molecule has 0 spiro atoms. The first-order chi connectivity index (χ1) is 6.93. The van der Waals surface area contributed by atoms with Crippen molar-refractivity contribution in [3.63, 3.8) is 0 Å². The quantitative estimate of drug-likeness (QED) is 0.683. The molecule has 3 rings (SSSR count). The van der Waals surface area contributed by atoms with E-state index in [1.165, 1.54) is 0 Å². The molecule has 0 saturated heterocycles. The summed E-state index contributed by atoms with van der Waals surface area (Å²) in [7, 11) is 0. The number of halogens is 1. The van der Waals surface area contributed by atoms with Crippen LogP contribution in [0.25, 0.3) is 4.96 Å². The number of nitrogens with zero attached hydrogens (tertiary/aromatic N) is 5. The molecule has 0 aliphatic carbocycles. The molecular formula is C8H8ClN5S. The van der Waals surface area contributed by atoms with Crippen LogP contribution in [0.3, 0.4) is 0 Å². The Morgan fingerprint density at radius 3 is 3.13 bits per heavy atom. The van der Waals surface area contributed by atoms with Crippen LogP contribution < -0.4 is 0 Å². The van der Waals surface area contributed by atoms with Crippen LogP contribution in [0.5, 0.6) is 0 Å². The molecule has 3 heterocycles. The second-order valence-electron chi connectivity index (χ2n) is 2.92. The van der Waals surface area contributed by atoms with E-state index < -0.39 is 0 Å². The van der Waals surface area contributed by atoms with Gasteiger partial charge in [0, 0.05) is 17.8 Å². The van der Waals surface area contributed by atoms with Crippen molar-refractivity contribution in [3.05, 3.63) is 36.1 Å².